The molecule has 0 amide bonds. The van der Waals surface area contributed by atoms with Gasteiger partial charge in [-0.1, -0.05) is 0 Å². The summed E-state index contributed by atoms with van der Waals surface area (Å²) in [6.45, 7) is 6.78. The molecule has 0 bridgehead atoms. The Morgan fingerprint density at radius 3 is 2.88 bits per heavy atom. The summed E-state index contributed by atoms with van der Waals surface area (Å²) < 4.78 is 34.2. The van der Waals surface area contributed by atoms with E-state index in [0.29, 0.717) is 29.5 Å². The van der Waals surface area contributed by atoms with E-state index in [1.165, 1.54) is 0 Å². The van der Waals surface area contributed by atoms with Gasteiger partial charge in [0, 0.05) is 48.7 Å². The first-order chi connectivity index (χ1) is 16.4. The Hall–Kier alpha value is -3.46. The van der Waals surface area contributed by atoms with Crippen molar-refractivity contribution in [3.05, 3.63) is 52.9 Å². The quantitative estimate of drug-likeness (QED) is 0.558. The number of benzene rings is 1. The third-order valence-corrected chi connectivity index (χ3v) is 6.41. The number of halogens is 2. The molecule has 3 aromatic rings. The maximum Gasteiger partial charge on any atom is 0.158 e. The lowest BCUT2D eigenvalue weighted by atomic mass is 10.1. The zero-order valence-electron chi connectivity index (χ0n) is 18.6. The van der Waals surface area contributed by atoms with Crippen LogP contribution in [0.3, 0.4) is 0 Å². The van der Waals surface area contributed by atoms with Crippen LogP contribution in [-0.4, -0.2) is 65.5 Å². The van der Waals surface area contributed by atoms with E-state index < -0.39 is 23.4 Å². The molecule has 3 N–H and O–H groups in total. The zero-order chi connectivity index (χ0) is 23.8. The largest absolute Gasteiger partial charge is 0.378 e. The Balaban J connectivity index is 1.47. The Morgan fingerprint density at radius 1 is 1.21 bits per heavy atom. The van der Waals surface area contributed by atoms with Crippen molar-refractivity contribution >= 4 is 22.4 Å². The van der Waals surface area contributed by atoms with E-state index in [0.717, 1.165) is 56.1 Å². The van der Waals surface area contributed by atoms with E-state index in [1.54, 1.807) is 12.3 Å². The van der Waals surface area contributed by atoms with Crippen molar-refractivity contribution in [3.63, 3.8) is 0 Å². The van der Waals surface area contributed by atoms with Gasteiger partial charge >= 0.3 is 0 Å². The van der Waals surface area contributed by atoms with Gasteiger partial charge in [0.15, 0.2) is 5.82 Å². The number of rotatable bonds is 4. The highest BCUT2D eigenvalue weighted by Gasteiger charge is 2.30. The third-order valence-electron chi connectivity index (χ3n) is 6.41. The number of ether oxygens (including phenoxy) is 1. The summed E-state index contributed by atoms with van der Waals surface area (Å²) in [5, 5.41) is 21.9. The lowest BCUT2D eigenvalue weighted by Crippen LogP contribution is -2.58. The van der Waals surface area contributed by atoms with Crippen molar-refractivity contribution in [3.8, 4) is 6.07 Å². The predicted octanol–water partition coefficient (Wildman–Crippen LogP) is 2.07. The first-order valence-electron chi connectivity index (χ1n) is 11.1. The standard InChI is InChI=1S/C23H24F2N8O/c1-13-19-10-28-20(33-3-2-32-4-5-34-12-16(32)11-33)8-17(19)23(31-30-13)29-22(27)18-7-15(24)6-14(9-26)21(18)25/h6-8,10,16,22H,2-5,11-12,27H2,1H3,(H,29,31)/t16-,22-/m0/s1. The number of hydrogen-bond donors (Lipinski definition) is 2. The fraction of sp³-hybridized carbons (Fsp3) is 0.391. The summed E-state index contributed by atoms with van der Waals surface area (Å²) in [5.74, 6) is -0.519. The van der Waals surface area contributed by atoms with Crippen molar-refractivity contribution in [1.29, 1.82) is 5.26 Å². The summed E-state index contributed by atoms with van der Waals surface area (Å²) in [7, 11) is 0. The Morgan fingerprint density at radius 2 is 2.06 bits per heavy atom. The Bertz CT molecular complexity index is 1280. The van der Waals surface area contributed by atoms with Crippen LogP contribution in [0.15, 0.2) is 24.4 Å². The van der Waals surface area contributed by atoms with Gasteiger partial charge in [-0.2, -0.15) is 10.4 Å². The summed E-state index contributed by atoms with van der Waals surface area (Å²) in [4.78, 5) is 9.29. The maximum absolute atomic E-state index is 14.7. The number of fused-ring (bicyclic) bond motifs is 2. The van der Waals surface area contributed by atoms with E-state index in [2.05, 4.69) is 30.3 Å². The molecule has 0 unspecified atom stereocenters. The van der Waals surface area contributed by atoms with Crippen molar-refractivity contribution in [2.24, 2.45) is 5.73 Å². The molecule has 0 radical (unpaired) electrons. The second-order valence-corrected chi connectivity index (χ2v) is 8.52. The molecule has 9 nitrogen and oxygen atoms in total. The number of hydrogen-bond acceptors (Lipinski definition) is 9. The highest BCUT2D eigenvalue weighted by molar-refractivity contribution is 5.94. The number of anilines is 2. The van der Waals surface area contributed by atoms with Crippen LogP contribution in [0, 0.1) is 29.9 Å². The fourth-order valence-electron chi connectivity index (χ4n) is 4.54. The molecule has 176 valence electrons. The minimum absolute atomic E-state index is 0.172. The van der Waals surface area contributed by atoms with Crippen molar-refractivity contribution in [1.82, 2.24) is 20.1 Å². The third kappa shape index (κ3) is 4.11. The van der Waals surface area contributed by atoms with Crippen LogP contribution >= 0.6 is 0 Å². The first-order valence-corrected chi connectivity index (χ1v) is 11.1. The Kier molecular flexibility index (Phi) is 5.95. The molecule has 2 fully saturated rings. The number of morpholine rings is 1. The predicted molar refractivity (Wildman–Crippen MR) is 122 cm³/mol. The average molecular weight is 466 g/mol. The maximum atomic E-state index is 14.7. The second kappa shape index (κ2) is 9.06. The Labute approximate surface area is 195 Å². The normalized spacial score (nSPS) is 19.5. The van der Waals surface area contributed by atoms with E-state index in [9.17, 15) is 8.78 Å². The monoisotopic (exact) mass is 466 g/mol. The number of pyridine rings is 1. The molecule has 34 heavy (non-hydrogen) atoms. The van der Waals surface area contributed by atoms with Crippen LogP contribution in [0.5, 0.6) is 0 Å². The van der Waals surface area contributed by atoms with Gasteiger partial charge in [-0.3, -0.25) is 4.90 Å². The molecule has 11 heteroatoms. The molecule has 5 rings (SSSR count). The second-order valence-electron chi connectivity index (χ2n) is 8.52. The van der Waals surface area contributed by atoms with E-state index in [4.69, 9.17) is 15.7 Å². The van der Waals surface area contributed by atoms with Crippen molar-refractivity contribution in [2.45, 2.75) is 19.1 Å². The highest BCUT2D eigenvalue weighted by atomic mass is 19.1. The number of aryl methyl sites for hydroxylation is 1. The molecule has 4 heterocycles. The van der Waals surface area contributed by atoms with Gasteiger partial charge in [-0.25, -0.2) is 13.8 Å². The number of nitrogens with two attached hydrogens (primary N) is 1. The smallest absolute Gasteiger partial charge is 0.158 e. The van der Waals surface area contributed by atoms with E-state index in [1.807, 2.05) is 13.0 Å². The summed E-state index contributed by atoms with van der Waals surface area (Å²) in [6.07, 6.45) is 0.591. The van der Waals surface area contributed by atoms with Gasteiger partial charge < -0.3 is 20.7 Å². The highest BCUT2D eigenvalue weighted by Crippen LogP contribution is 2.30. The van der Waals surface area contributed by atoms with Crippen LogP contribution < -0.4 is 16.0 Å². The van der Waals surface area contributed by atoms with Crippen LogP contribution in [0.1, 0.15) is 23.0 Å². The van der Waals surface area contributed by atoms with Crippen molar-refractivity contribution < 1.29 is 13.5 Å². The van der Waals surface area contributed by atoms with Gasteiger partial charge in [0.1, 0.15) is 29.7 Å². The number of aromatic nitrogens is 3. The molecule has 0 saturated carbocycles. The summed E-state index contributed by atoms with van der Waals surface area (Å²) in [6, 6.07) is 5.67. The molecule has 2 aliphatic heterocycles. The van der Waals surface area contributed by atoms with Gasteiger partial charge in [-0.15, -0.1) is 5.10 Å². The molecular weight excluding hydrogens is 442 g/mol. The molecule has 2 saturated heterocycles. The molecule has 2 aromatic heterocycles. The van der Waals surface area contributed by atoms with Crippen LogP contribution in [-0.2, 0) is 4.74 Å². The molecule has 2 atom stereocenters. The van der Waals surface area contributed by atoms with Gasteiger partial charge in [-0.05, 0) is 25.1 Å². The van der Waals surface area contributed by atoms with Crippen LogP contribution in [0.25, 0.3) is 10.8 Å². The molecular formula is C23H24F2N8O. The lowest BCUT2D eigenvalue weighted by molar-refractivity contribution is -0.0117. The van der Waals surface area contributed by atoms with Crippen molar-refractivity contribution in [2.75, 3.05) is 49.6 Å². The van der Waals surface area contributed by atoms with E-state index in [-0.39, 0.29) is 5.56 Å². The number of nitrogens with one attached hydrogen (secondary N) is 1. The fourth-order valence-corrected chi connectivity index (χ4v) is 4.54. The van der Waals surface area contributed by atoms with Gasteiger partial charge in [0.05, 0.1) is 30.5 Å². The first kappa shape index (κ1) is 22.3. The summed E-state index contributed by atoms with van der Waals surface area (Å²) in [5.41, 5.74) is 6.26. The molecule has 0 aliphatic carbocycles. The van der Waals surface area contributed by atoms with Crippen LogP contribution in [0.4, 0.5) is 20.4 Å². The minimum Gasteiger partial charge on any atom is -0.378 e. The number of nitriles is 1. The number of nitrogens with zero attached hydrogens (tertiary/aromatic N) is 6. The van der Waals surface area contributed by atoms with Crippen LogP contribution in [0.2, 0.25) is 0 Å². The zero-order valence-corrected chi connectivity index (χ0v) is 18.6. The average Bonchev–Trinajstić information content (AvgIpc) is 2.86. The SMILES string of the molecule is Cc1nnc(N[C@H](N)c2cc(F)cc(C#N)c2F)c2cc(N3CCN4CCOC[C@@H]4C3)ncc12. The topological polar surface area (TPSA) is 116 Å². The number of piperazine rings is 1. The molecule has 0 spiro atoms. The summed E-state index contributed by atoms with van der Waals surface area (Å²) >= 11 is 0. The minimum atomic E-state index is -1.15. The van der Waals surface area contributed by atoms with Gasteiger partial charge in [0.2, 0.25) is 0 Å². The van der Waals surface area contributed by atoms with Gasteiger partial charge in [0.25, 0.3) is 0 Å². The van der Waals surface area contributed by atoms with E-state index >= 15 is 0 Å². The molecule has 1 aromatic carbocycles. The lowest BCUT2D eigenvalue weighted by Gasteiger charge is -2.44. The molecule has 2 aliphatic rings.